The molecule has 3 aromatic rings. The topological polar surface area (TPSA) is 30.0 Å². The normalized spacial score (nSPS) is 10.7. The van der Waals surface area contributed by atoms with Crippen molar-refractivity contribution in [1.29, 1.82) is 0 Å². The van der Waals surface area contributed by atoms with E-state index in [1.165, 1.54) is 0 Å². The van der Waals surface area contributed by atoms with Crippen molar-refractivity contribution in [3.05, 3.63) is 76.4 Å². The summed E-state index contributed by atoms with van der Waals surface area (Å²) in [4.78, 5) is 16.9. The Balaban J connectivity index is 2.10. The Kier molecular flexibility index (Phi) is 3.25. The third-order valence-electron chi connectivity index (χ3n) is 3.30. The van der Waals surface area contributed by atoms with Gasteiger partial charge in [0.05, 0.1) is 5.52 Å². The summed E-state index contributed by atoms with van der Waals surface area (Å²) >= 11 is 5.98. The smallest absolute Gasteiger partial charge is 0.194 e. The largest absolute Gasteiger partial charge is 0.289 e. The van der Waals surface area contributed by atoms with Gasteiger partial charge in [0.1, 0.15) is 0 Å². The predicted molar refractivity (Wildman–Crippen MR) is 81.4 cm³/mol. The maximum absolute atomic E-state index is 12.6. The van der Waals surface area contributed by atoms with Crippen LogP contribution in [0.3, 0.4) is 0 Å². The average Bonchev–Trinajstić information content (AvgIpc) is 2.48. The van der Waals surface area contributed by atoms with Crippen molar-refractivity contribution in [3.8, 4) is 0 Å². The highest BCUT2D eigenvalue weighted by atomic mass is 35.5. The summed E-state index contributed by atoms with van der Waals surface area (Å²) in [5.74, 6) is -0.0525. The summed E-state index contributed by atoms with van der Waals surface area (Å²) in [6.45, 7) is 1.90. The number of nitrogens with zero attached hydrogens (tertiary/aromatic N) is 1. The Morgan fingerprint density at radius 3 is 2.75 bits per heavy atom. The average molecular weight is 282 g/mol. The van der Waals surface area contributed by atoms with E-state index in [1.807, 2.05) is 43.3 Å². The Labute approximate surface area is 122 Å². The van der Waals surface area contributed by atoms with Gasteiger partial charge < -0.3 is 0 Å². The lowest BCUT2D eigenvalue weighted by Crippen LogP contribution is -2.04. The number of aromatic nitrogens is 1. The van der Waals surface area contributed by atoms with E-state index in [2.05, 4.69) is 4.98 Å². The maximum atomic E-state index is 12.6. The monoisotopic (exact) mass is 281 g/mol. The molecular weight excluding hydrogens is 270 g/mol. The Morgan fingerprint density at radius 1 is 1.10 bits per heavy atom. The molecule has 1 aromatic heterocycles. The minimum absolute atomic E-state index is 0.0525. The zero-order valence-electron chi connectivity index (χ0n) is 10.9. The van der Waals surface area contributed by atoms with Crippen LogP contribution in [0, 0.1) is 6.92 Å². The van der Waals surface area contributed by atoms with Crippen molar-refractivity contribution in [2.45, 2.75) is 6.92 Å². The molecule has 98 valence electrons. The van der Waals surface area contributed by atoms with Gasteiger partial charge in [-0.1, -0.05) is 35.9 Å². The number of aryl methyl sites for hydroxylation is 1. The van der Waals surface area contributed by atoms with Gasteiger partial charge in [0.2, 0.25) is 0 Å². The Bertz CT molecular complexity index is 811. The van der Waals surface area contributed by atoms with E-state index in [9.17, 15) is 4.79 Å². The fourth-order valence-corrected chi connectivity index (χ4v) is 2.36. The lowest BCUT2D eigenvalue weighted by Gasteiger charge is -2.06. The van der Waals surface area contributed by atoms with Crippen LogP contribution in [0.25, 0.3) is 10.9 Å². The second-order valence-corrected chi connectivity index (χ2v) is 5.14. The molecule has 0 fully saturated rings. The summed E-state index contributed by atoms with van der Waals surface area (Å²) in [7, 11) is 0. The molecule has 0 N–H and O–H groups in total. The third-order valence-corrected chi connectivity index (χ3v) is 3.53. The fraction of sp³-hybridized carbons (Fsp3) is 0.0588. The lowest BCUT2D eigenvalue weighted by molar-refractivity contribution is 0.103. The number of hydrogen-bond donors (Lipinski definition) is 0. The molecule has 2 aromatic carbocycles. The van der Waals surface area contributed by atoms with Crippen LogP contribution in [0.1, 0.15) is 21.5 Å². The van der Waals surface area contributed by atoms with Crippen LogP contribution in [0.2, 0.25) is 5.02 Å². The van der Waals surface area contributed by atoms with Crippen molar-refractivity contribution < 1.29 is 4.79 Å². The molecule has 20 heavy (non-hydrogen) atoms. The quantitative estimate of drug-likeness (QED) is 0.651. The van der Waals surface area contributed by atoms with E-state index in [4.69, 9.17) is 11.6 Å². The Hall–Kier alpha value is -2.19. The molecule has 0 unspecified atom stereocenters. The van der Waals surface area contributed by atoms with E-state index >= 15 is 0 Å². The number of hydrogen-bond acceptors (Lipinski definition) is 2. The maximum Gasteiger partial charge on any atom is 0.194 e. The van der Waals surface area contributed by atoms with E-state index < -0.39 is 0 Å². The molecule has 0 aliphatic carbocycles. The van der Waals surface area contributed by atoms with E-state index in [0.717, 1.165) is 16.5 Å². The highest BCUT2D eigenvalue weighted by Gasteiger charge is 2.13. The second kappa shape index (κ2) is 5.06. The minimum Gasteiger partial charge on any atom is -0.289 e. The first kappa shape index (κ1) is 12.8. The Morgan fingerprint density at radius 2 is 1.90 bits per heavy atom. The van der Waals surface area contributed by atoms with Crippen molar-refractivity contribution in [2.24, 2.45) is 0 Å². The number of halogens is 1. The van der Waals surface area contributed by atoms with Gasteiger partial charge in [0.15, 0.2) is 5.78 Å². The summed E-state index contributed by atoms with van der Waals surface area (Å²) < 4.78 is 0. The van der Waals surface area contributed by atoms with Crippen molar-refractivity contribution in [2.75, 3.05) is 0 Å². The van der Waals surface area contributed by atoms with Gasteiger partial charge in [-0.2, -0.15) is 0 Å². The minimum atomic E-state index is -0.0525. The molecule has 0 aliphatic heterocycles. The predicted octanol–water partition coefficient (Wildman–Crippen LogP) is 4.43. The van der Waals surface area contributed by atoms with Crippen molar-refractivity contribution in [3.63, 3.8) is 0 Å². The first-order valence-corrected chi connectivity index (χ1v) is 6.68. The molecule has 1 heterocycles. The summed E-state index contributed by atoms with van der Waals surface area (Å²) in [5, 5.41) is 1.52. The van der Waals surface area contributed by atoms with E-state index in [1.54, 1.807) is 18.3 Å². The van der Waals surface area contributed by atoms with Crippen LogP contribution < -0.4 is 0 Å². The zero-order valence-corrected chi connectivity index (χ0v) is 11.7. The zero-order chi connectivity index (χ0) is 14.1. The first-order chi connectivity index (χ1) is 9.65. The number of carbonyl (C=O) groups excluding carboxylic acids is 1. The molecule has 0 radical (unpaired) electrons. The molecule has 0 spiro atoms. The van der Waals surface area contributed by atoms with Gasteiger partial charge in [0.25, 0.3) is 0 Å². The van der Waals surface area contributed by atoms with Crippen LogP contribution in [-0.2, 0) is 0 Å². The number of pyridine rings is 1. The SMILES string of the molecule is Cc1ccc(Cl)cc1C(=O)c1cnc2ccccc2c1. The highest BCUT2D eigenvalue weighted by Crippen LogP contribution is 2.20. The first-order valence-electron chi connectivity index (χ1n) is 6.31. The lowest BCUT2D eigenvalue weighted by atomic mass is 9.99. The van der Waals surface area contributed by atoms with Crippen LogP contribution in [0.4, 0.5) is 0 Å². The number of carbonyl (C=O) groups is 1. The molecule has 0 saturated heterocycles. The van der Waals surface area contributed by atoms with E-state index in [0.29, 0.717) is 16.1 Å². The van der Waals surface area contributed by atoms with Crippen LogP contribution in [-0.4, -0.2) is 10.8 Å². The molecule has 0 atom stereocenters. The third kappa shape index (κ3) is 2.30. The van der Waals surface area contributed by atoms with Crippen molar-refractivity contribution in [1.82, 2.24) is 4.98 Å². The molecule has 3 rings (SSSR count). The molecule has 2 nitrogen and oxygen atoms in total. The van der Waals surface area contributed by atoms with Gasteiger partial charge >= 0.3 is 0 Å². The molecule has 3 heteroatoms. The van der Waals surface area contributed by atoms with E-state index in [-0.39, 0.29) is 5.78 Å². The van der Waals surface area contributed by atoms with Crippen LogP contribution in [0.5, 0.6) is 0 Å². The van der Waals surface area contributed by atoms with Crippen molar-refractivity contribution >= 4 is 28.3 Å². The summed E-state index contributed by atoms with van der Waals surface area (Å²) in [6, 6.07) is 14.9. The van der Waals surface area contributed by atoms with Gasteiger partial charge in [-0.15, -0.1) is 0 Å². The number of benzene rings is 2. The second-order valence-electron chi connectivity index (χ2n) is 4.71. The standard InChI is InChI=1S/C17H12ClNO/c1-11-6-7-14(18)9-15(11)17(20)13-8-12-4-2-3-5-16(12)19-10-13/h2-10H,1H3. The molecule has 0 aliphatic rings. The van der Waals surface area contributed by atoms with Gasteiger partial charge in [0, 0.05) is 27.7 Å². The molecular formula is C17H12ClNO. The summed E-state index contributed by atoms with van der Waals surface area (Å²) in [6.07, 6.45) is 1.62. The van der Waals surface area contributed by atoms with Crippen LogP contribution in [0.15, 0.2) is 54.7 Å². The van der Waals surface area contributed by atoms with Gasteiger partial charge in [-0.25, -0.2) is 0 Å². The molecule has 0 bridgehead atoms. The molecule has 0 saturated carbocycles. The number of para-hydroxylation sites is 1. The molecule has 0 amide bonds. The number of ketones is 1. The number of rotatable bonds is 2. The van der Waals surface area contributed by atoms with Gasteiger partial charge in [-0.05, 0) is 36.8 Å². The summed E-state index contributed by atoms with van der Waals surface area (Å²) in [5.41, 5.74) is 2.99. The highest BCUT2D eigenvalue weighted by molar-refractivity contribution is 6.31. The number of fused-ring (bicyclic) bond motifs is 1. The fourth-order valence-electron chi connectivity index (χ4n) is 2.19. The van der Waals surface area contributed by atoms with Gasteiger partial charge in [-0.3, -0.25) is 9.78 Å². The van der Waals surface area contributed by atoms with Crippen LogP contribution >= 0.6 is 11.6 Å².